The molecule has 0 aliphatic carbocycles. The molecule has 0 aromatic heterocycles. The second-order valence-electron chi connectivity index (χ2n) is 8.34. The van der Waals surface area contributed by atoms with Gasteiger partial charge in [-0.15, -0.1) is 0 Å². The molecule has 1 unspecified atom stereocenters. The Morgan fingerprint density at radius 1 is 1.12 bits per heavy atom. The number of aliphatic hydroxyl groups excluding tert-OH is 1. The number of rotatable bonds is 11. The van der Waals surface area contributed by atoms with E-state index in [0.29, 0.717) is 48.9 Å². The number of benzene rings is 2. The summed E-state index contributed by atoms with van der Waals surface area (Å²) in [7, 11) is 3.80. The van der Waals surface area contributed by atoms with Gasteiger partial charge in [0.05, 0.1) is 18.2 Å². The maximum atomic E-state index is 13.1. The molecule has 0 spiro atoms. The molecular formula is C27H32N2O5. The minimum atomic E-state index is -0.714. The Morgan fingerprint density at radius 2 is 1.85 bits per heavy atom. The summed E-state index contributed by atoms with van der Waals surface area (Å²) in [4.78, 5) is 29.6. The zero-order valence-corrected chi connectivity index (χ0v) is 20.0. The Balaban J connectivity index is 2.06. The summed E-state index contributed by atoms with van der Waals surface area (Å²) >= 11 is 0. The average Bonchev–Trinajstić information content (AvgIpc) is 3.09. The number of ether oxygens (including phenoxy) is 2. The van der Waals surface area contributed by atoms with E-state index in [0.717, 1.165) is 6.42 Å². The molecule has 7 nitrogen and oxygen atoms in total. The van der Waals surface area contributed by atoms with Crippen LogP contribution in [0.1, 0.15) is 30.5 Å². The number of likely N-dealkylation sites (tertiary alicyclic amines) is 1. The van der Waals surface area contributed by atoms with E-state index in [1.165, 1.54) is 4.90 Å². The first-order chi connectivity index (χ1) is 16.4. The van der Waals surface area contributed by atoms with E-state index in [1.54, 1.807) is 42.5 Å². The lowest BCUT2D eigenvalue weighted by Crippen LogP contribution is -2.35. The molecule has 2 aromatic carbocycles. The van der Waals surface area contributed by atoms with Crippen LogP contribution < -0.4 is 9.47 Å². The van der Waals surface area contributed by atoms with Crippen molar-refractivity contribution in [1.82, 2.24) is 9.80 Å². The molecule has 2 aromatic rings. The Labute approximate surface area is 200 Å². The van der Waals surface area contributed by atoms with Crippen molar-refractivity contribution in [1.29, 1.82) is 0 Å². The number of ketones is 1. The lowest BCUT2D eigenvalue weighted by molar-refractivity contribution is -0.140. The van der Waals surface area contributed by atoms with E-state index in [4.69, 9.17) is 9.47 Å². The van der Waals surface area contributed by atoms with E-state index in [2.05, 4.69) is 6.58 Å². The van der Waals surface area contributed by atoms with Gasteiger partial charge in [-0.05, 0) is 50.3 Å². The van der Waals surface area contributed by atoms with Crippen LogP contribution in [-0.2, 0) is 9.59 Å². The van der Waals surface area contributed by atoms with Gasteiger partial charge in [0, 0.05) is 18.7 Å². The van der Waals surface area contributed by atoms with Crippen LogP contribution in [0.4, 0.5) is 0 Å². The van der Waals surface area contributed by atoms with Crippen molar-refractivity contribution in [3.63, 3.8) is 0 Å². The molecule has 1 atom stereocenters. The van der Waals surface area contributed by atoms with E-state index in [-0.39, 0.29) is 11.3 Å². The molecule has 1 N–H and O–H groups in total. The maximum absolute atomic E-state index is 13.1. The molecule has 1 aliphatic rings. The Bertz CT molecular complexity index is 1060. The van der Waals surface area contributed by atoms with Gasteiger partial charge in [-0.1, -0.05) is 43.8 Å². The molecule has 0 saturated carbocycles. The molecule has 7 heteroatoms. The minimum absolute atomic E-state index is 0.0659. The predicted octanol–water partition coefficient (Wildman–Crippen LogP) is 4.02. The number of likely N-dealkylation sites (N-methyl/N-ethyl adjacent to an activating group) is 1. The van der Waals surface area contributed by atoms with Crippen LogP contribution in [0.2, 0.25) is 0 Å². The molecular weight excluding hydrogens is 432 g/mol. The molecule has 1 aliphatic heterocycles. The molecule has 180 valence electrons. The Kier molecular flexibility index (Phi) is 8.49. The molecule has 1 fully saturated rings. The largest absolute Gasteiger partial charge is 0.507 e. The van der Waals surface area contributed by atoms with Gasteiger partial charge >= 0.3 is 0 Å². The van der Waals surface area contributed by atoms with E-state index < -0.39 is 17.7 Å². The van der Waals surface area contributed by atoms with Gasteiger partial charge in [-0.2, -0.15) is 0 Å². The number of amides is 1. The first-order valence-corrected chi connectivity index (χ1v) is 11.4. The molecule has 0 bridgehead atoms. The number of carbonyl (C=O) groups is 2. The highest BCUT2D eigenvalue weighted by Gasteiger charge is 2.45. The topological polar surface area (TPSA) is 79.3 Å². The van der Waals surface area contributed by atoms with Gasteiger partial charge in [-0.25, -0.2) is 0 Å². The standard InChI is InChI=1S/C27H32N2O5/c1-5-16-33-21-12-10-19(11-13-21)24-23(26(31)27(32)29(24)15-14-28(3)4)25(30)20-8-7-9-22(18-20)34-17-6-2/h5,7-13,18,24,30H,1,6,14-17H2,2-4H3. The van der Waals surface area contributed by atoms with Crippen LogP contribution in [0.25, 0.3) is 5.76 Å². The first-order valence-electron chi connectivity index (χ1n) is 11.4. The predicted molar refractivity (Wildman–Crippen MR) is 132 cm³/mol. The summed E-state index contributed by atoms with van der Waals surface area (Å²) in [5.74, 6) is -0.306. The quantitative estimate of drug-likeness (QED) is 0.234. The second-order valence-corrected chi connectivity index (χ2v) is 8.34. The van der Waals surface area contributed by atoms with E-state index in [9.17, 15) is 14.7 Å². The van der Waals surface area contributed by atoms with Gasteiger partial charge in [-0.3, -0.25) is 9.59 Å². The maximum Gasteiger partial charge on any atom is 0.295 e. The highest BCUT2D eigenvalue weighted by atomic mass is 16.5. The smallest absolute Gasteiger partial charge is 0.295 e. The molecule has 1 amide bonds. The fourth-order valence-electron chi connectivity index (χ4n) is 3.78. The van der Waals surface area contributed by atoms with Crippen molar-refractivity contribution in [2.75, 3.05) is 40.4 Å². The third-order valence-corrected chi connectivity index (χ3v) is 5.47. The molecule has 0 radical (unpaired) electrons. The van der Waals surface area contributed by atoms with Gasteiger partial charge in [0.15, 0.2) is 0 Å². The van der Waals surface area contributed by atoms with Gasteiger partial charge in [0.25, 0.3) is 11.7 Å². The van der Waals surface area contributed by atoms with Crippen molar-refractivity contribution < 1.29 is 24.2 Å². The van der Waals surface area contributed by atoms with Gasteiger partial charge in [0.1, 0.15) is 23.9 Å². The van der Waals surface area contributed by atoms with E-state index in [1.807, 2.05) is 38.1 Å². The van der Waals surface area contributed by atoms with Crippen LogP contribution in [-0.4, -0.2) is 67.0 Å². The zero-order chi connectivity index (χ0) is 24.7. The van der Waals surface area contributed by atoms with Crippen molar-refractivity contribution in [3.05, 3.63) is 77.9 Å². The number of aliphatic hydroxyl groups is 1. The highest BCUT2D eigenvalue weighted by molar-refractivity contribution is 6.46. The second kappa shape index (κ2) is 11.5. The molecule has 1 heterocycles. The molecule has 3 rings (SSSR count). The van der Waals surface area contributed by atoms with Crippen molar-refractivity contribution in [3.8, 4) is 11.5 Å². The van der Waals surface area contributed by atoms with E-state index >= 15 is 0 Å². The fourth-order valence-corrected chi connectivity index (χ4v) is 3.78. The number of hydrogen-bond donors (Lipinski definition) is 1. The van der Waals surface area contributed by atoms with Crippen molar-refractivity contribution >= 4 is 17.4 Å². The molecule has 1 saturated heterocycles. The Morgan fingerprint density at radius 3 is 2.50 bits per heavy atom. The number of nitrogens with zero attached hydrogens (tertiary/aromatic N) is 2. The summed E-state index contributed by atoms with van der Waals surface area (Å²) in [5, 5.41) is 11.2. The first kappa shape index (κ1) is 25.1. The van der Waals surface area contributed by atoms with Crippen LogP contribution in [0.3, 0.4) is 0 Å². The van der Waals surface area contributed by atoms with Crippen molar-refractivity contribution in [2.45, 2.75) is 19.4 Å². The lowest BCUT2D eigenvalue weighted by Gasteiger charge is -2.26. The minimum Gasteiger partial charge on any atom is -0.507 e. The summed E-state index contributed by atoms with van der Waals surface area (Å²) in [6.07, 6.45) is 2.50. The normalized spacial score (nSPS) is 17.3. The average molecular weight is 465 g/mol. The Hall–Kier alpha value is -3.58. The van der Waals surface area contributed by atoms with Crippen LogP contribution >= 0.6 is 0 Å². The summed E-state index contributed by atoms with van der Waals surface area (Å²) in [6, 6.07) is 13.4. The summed E-state index contributed by atoms with van der Waals surface area (Å²) in [6.45, 7) is 7.48. The van der Waals surface area contributed by atoms with Gasteiger partial charge < -0.3 is 24.4 Å². The van der Waals surface area contributed by atoms with Crippen LogP contribution in [0.15, 0.2) is 66.8 Å². The monoisotopic (exact) mass is 464 g/mol. The highest BCUT2D eigenvalue weighted by Crippen LogP contribution is 2.40. The van der Waals surface area contributed by atoms with Crippen LogP contribution in [0, 0.1) is 0 Å². The lowest BCUT2D eigenvalue weighted by atomic mass is 9.95. The zero-order valence-electron chi connectivity index (χ0n) is 20.0. The third kappa shape index (κ3) is 5.66. The van der Waals surface area contributed by atoms with Crippen molar-refractivity contribution in [2.24, 2.45) is 0 Å². The third-order valence-electron chi connectivity index (χ3n) is 5.47. The number of Topliss-reactive ketones (excluding diaryl/α,β-unsaturated/α-hetero) is 1. The molecule has 34 heavy (non-hydrogen) atoms. The fraction of sp³-hybridized carbons (Fsp3) is 0.333. The number of carbonyl (C=O) groups excluding carboxylic acids is 2. The van der Waals surface area contributed by atoms with Gasteiger partial charge in [0.2, 0.25) is 0 Å². The SMILES string of the molecule is C=CCOc1ccc(C2C(=C(O)c3cccc(OCCC)c3)C(=O)C(=O)N2CCN(C)C)cc1. The van der Waals surface area contributed by atoms with Crippen LogP contribution in [0.5, 0.6) is 11.5 Å². The number of hydrogen-bond acceptors (Lipinski definition) is 6. The summed E-state index contributed by atoms with van der Waals surface area (Å²) in [5.41, 5.74) is 1.20. The summed E-state index contributed by atoms with van der Waals surface area (Å²) < 4.78 is 11.2.